The summed E-state index contributed by atoms with van der Waals surface area (Å²) in [6.45, 7) is 2.46. The number of nitrogens with one attached hydrogen (secondary N) is 1. The molecule has 0 radical (unpaired) electrons. The quantitative estimate of drug-likeness (QED) is 0.381. The minimum Gasteiger partial charge on any atom is -0.507 e. The summed E-state index contributed by atoms with van der Waals surface area (Å²) in [6, 6.07) is 19.9. The van der Waals surface area contributed by atoms with E-state index in [0.29, 0.717) is 39.1 Å². The lowest BCUT2D eigenvalue weighted by molar-refractivity contribution is 0.0730. The molecule has 0 bridgehead atoms. The average molecular weight is 464 g/mol. The zero-order valence-corrected chi connectivity index (χ0v) is 18.7. The Morgan fingerprint density at radius 3 is 2.41 bits per heavy atom. The van der Waals surface area contributed by atoms with Crippen molar-refractivity contribution in [2.75, 3.05) is 0 Å². The molecule has 1 aromatic heterocycles. The van der Waals surface area contributed by atoms with Crippen molar-refractivity contribution >= 4 is 29.1 Å². The van der Waals surface area contributed by atoms with E-state index < -0.39 is 6.04 Å². The van der Waals surface area contributed by atoms with Crippen LogP contribution < -0.4 is 0 Å². The zero-order valence-electron chi connectivity index (χ0n) is 17.1. The third-order valence-corrected chi connectivity index (χ3v) is 6.22. The van der Waals surface area contributed by atoms with Crippen molar-refractivity contribution in [3.05, 3.63) is 105 Å². The van der Waals surface area contributed by atoms with Crippen LogP contribution in [0.25, 0.3) is 11.3 Å². The highest BCUT2D eigenvalue weighted by molar-refractivity contribution is 6.31. The van der Waals surface area contributed by atoms with Crippen LogP contribution in [0, 0.1) is 6.92 Å². The SMILES string of the molecule is Cc1ccc(CN2C(=O)c3[nH]nc(-c4cc(Cl)ccc4O)c3C2c2ccc(Cl)cc2)cc1. The Kier molecular flexibility index (Phi) is 5.16. The molecule has 3 aromatic carbocycles. The van der Waals surface area contributed by atoms with E-state index in [-0.39, 0.29) is 11.7 Å². The lowest BCUT2D eigenvalue weighted by atomic mass is 9.95. The van der Waals surface area contributed by atoms with E-state index in [2.05, 4.69) is 10.2 Å². The number of phenols is 1. The molecule has 4 aromatic rings. The van der Waals surface area contributed by atoms with Crippen molar-refractivity contribution in [1.82, 2.24) is 15.1 Å². The Hall–Kier alpha value is -3.28. The van der Waals surface area contributed by atoms with E-state index in [9.17, 15) is 9.90 Å². The van der Waals surface area contributed by atoms with Crippen LogP contribution in [0.4, 0.5) is 0 Å². The van der Waals surface area contributed by atoms with Crippen molar-refractivity contribution in [3.8, 4) is 17.0 Å². The van der Waals surface area contributed by atoms with Crippen LogP contribution >= 0.6 is 23.2 Å². The molecule has 0 saturated carbocycles. The molecule has 1 atom stereocenters. The minimum absolute atomic E-state index is 0.0444. The van der Waals surface area contributed by atoms with Gasteiger partial charge in [0, 0.05) is 27.7 Å². The number of carbonyl (C=O) groups excluding carboxylic acids is 1. The summed E-state index contributed by atoms with van der Waals surface area (Å²) in [5.41, 5.74) is 5.17. The number of rotatable bonds is 4. The summed E-state index contributed by atoms with van der Waals surface area (Å²) < 4.78 is 0. The van der Waals surface area contributed by atoms with Crippen LogP contribution in [0.5, 0.6) is 5.75 Å². The first-order valence-corrected chi connectivity index (χ1v) is 10.9. The molecule has 0 aliphatic carbocycles. The van der Waals surface area contributed by atoms with Crippen LogP contribution in [0.1, 0.15) is 38.8 Å². The van der Waals surface area contributed by atoms with E-state index in [4.69, 9.17) is 23.2 Å². The number of amides is 1. The maximum Gasteiger partial charge on any atom is 0.273 e. The van der Waals surface area contributed by atoms with E-state index in [1.807, 2.05) is 48.2 Å². The fraction of sp³-hybridized carbons (Fsp3) is 0.120. The first kappa shape index (κ1) is 20.6. The standard InChI is InChI=1S/C25H19Cl2N3O2/c1-14-2-4-15(5-3-14)13-30-24(16-6-8-17(26)9-7-16)21-22(28-29-23(21)25(30)32)19-12-18(27)10-11-20(19)31/h2-12,24,31H,13H2,1H3,(H,28,29). The number of fused-ring (bicyclic) bond motifs is 1. The molecule has 5 rings (SSSR count). The predicted octanol–water partition coefficient (Wildman–Crippen LogP) is 6.14. The predicted molar refractivity (Wildman–Crippen MR) is 125 cm³/mol. The first-order chi connectivity index (χ1) is 15.4. The van der Waals surface area contributed by atoms with E-state index in [1.165, 1.54) is 6.07 Å². The van der Waals surface area contributed by atoms with Crippen molar-refractivity contribution in [2.45, 2.75) is 19.5 Å². The van der Waals surface area contributed by atoms with Crippen LogP contribution in [0.2, 0.25) is 10.0 Å². The Balaban J connectivity index is 1.66. The van der Waals surface area contributed by atoms with Gasteiger partial charge in [-0.15, -0.1) is 0 Å². The van der Waals surface area contributed by atoms with Gasteiger partial charge in [0.25, 0.3) is 5.91 Å². The van der Waals surface area contributed by atoms with E-state index >= 15 is 0 Å². The molecular weight excluding hydrogens is 445 g/mol. The molecule has 0 fully saturated rings. The number of phenolic OH excluding ortho intramolecular Hbond substituents is 1. The average Bonchev–Trinajstić information content (AvgIpc) is 3.32. The van der Waals surface area contributed by atoms with Crippen molar-refractivity contribution in [1.29, 1.82) is 0 Å². The number of aromatic amines is 1. The third kappa shape index (κ3) is 3.53. The number of halogens is 2. The summed E-state index contributed by atoms with van der Waals surface area (Å²) >= 11 is 12.3. The summed E-state index contributed by atoms with van der Waals surface area (Å²) in [5.74, 6) is -0.108. The number of hydrogen-bond acceptors (Lipinski definition) is 3. The highest BCUT2D eigenvalue weighted by Gasteiger charge is 2.42. The smallest absolute Gasteiger partial charge is 0.273 e. The fourth-order valence-electron chi connectivity index (χ4n) is 4.14. The Morgan fingerprint density at radius 2 is 1.69 bits per heavy atom. The lowest BCUT2D eigenvalue weighted by Gasteiger charge is -2.26. The van der Waals surface area contributed by atoms with Crippen molar-refractivity contribution in [3.63, 3.8) is 0 Å². The molecule has 2 N–H and O–H groups in total. The number of aryl methyl sites for hydroxylation is 1. The normalized spacial score (nSPS) is 15.3. The molecule has 1 aliphatic heterocycles. The highest BCUT2D eigenvalue weighted by Crippen LogP contribution is 2.45. The minimum atomic E-state index is -0.400. The fourth-order valence-corrected chi connectivity index (χ4v) is 4.44. The summed E-state index contributed by atoms with van der Waals surface area (Å²) in [6.07, 6.45) is 0. The van der Waals surface area contributed by atoms with Gasteiger partial charge in [0.15, 0.2) is 0 Å². The molecule has 160 valence electrons. The van der Waals surface area contributed by atoms with Gasteiger partial charge in [0.1, 0.15) is 17.1 Å². The third-order valence-electron chi connectivity index (χ3n) is 5.74. The number of aromatic hydroxyl groups is 1. The van der Waals surface area contributed by atoms with Crippen LogP contribution in [-0.4, -0.2) is 26.1 Å². The van der Waals surface area contributed by atoms with E-state index in [1.54, 1.807) is 24.3 Å². The second-order valence-electron chi connectivity index (χ2n) is 7.90. The highest BCUT2D eigenvalue weighted by atomic mass is 35.5. The molecular formula is C25H19Cl2N3O2. The number of nitrogens with zero attached hydrogens (tertiary/aromatic N) is 2. The zero-order chi connectivity index (χ0) is 22.4. The molecule has 0 spiro atoms. The number of H-pyrrole nitrogens is 1. The van der Waals surface area contributed by atoms with Gasteiger partial charge < -0.3 is 10.0 Å². The van der Waals surface area contributed by atoms with Crippen molar-refractivity contribution in [2.24, 2.45) is 0 Å². The molecule has 1 amide bonds. The van der Waals surface area contributed by atoms with Crippen LogP contribution in [0.3, 0.4) is 0 Å². The molecule has 0 saturated heterocycles. The van der Waals surface area contributed by atoms with Gasteiger partial charge in [-0.1, -0.05) is 65.2 Å². The second-order valence-corrected chi connectivity index (χ2v) is 8.77. The molecule has 7 heteroatoms. The van der Waals surface area contributed by atoms with Crippen LogP contribution in [-0.2, 0) is 6.54 Å². The van der Waals surface area contributed by atoms with Gasteiger partial charge in [-0.05, 0) is 48.4 Å². The number of benzene rings is 3. The maximum atomic E-state index is 13.5. The monoisotopic (exact) mass is 463 g/mol. The van der Waals surface area contributed by atoms with Gasteiger partial charge in [0.2, 0.25) is 0 Å². The molecule has 2 heterocycles. The molecule has 5 nitrogen and oxygen atoms in total. The van der Waals surface area contributed by atoms with Gasteiger partial charge in [-0.2, -0.15) is 5.10 Å². The van der Waals surface area contributed by atoms with Gasteiger partial charge in [0.05, 0.1) is 6.04 Å². The number of carbonyl (C=O) groups is 1. The second kappa shape index (κ2) is 8.01. The lowest BCUT2D eigenvalue weighted by Crippen LogP contribution is -2.29. The number of hydrogen-bond donors (Lipinski definition) is 2. The van der Waals surface area contributed by atoms with Gasteiger partial charge in [-0.3, -0.25) is 9.89 Å². The summed E-state index contributed by atoms with van der Waals surface area (Å²) in [4.78, 5) is 15.3. The molecule has 1 aliphatic rings. The van der Waals surface area contributed by atoms with Gasteiger partial charge in [-0.25, -0.2) is 0 Å². The Bertz CT molecular complexity index is 1310. The van der Waals surface area contributed by atoms with Gasteiger partial charge >= 0.3 is 0 Å². The Morgan fingerprint density at radius 1 is 1.00 bits per heavy atom. The summed E-state index contributed by atoms with van der Waals surface area (Å²) in [7, 11) is 0. The summed E-state index contributed by atoms with van der Waals surface area (Å²) in [5, 5.41) is 18.9. The number of aromatic nitrogens is 2. The molecule has 32 heavy (non-hydrogen) atoms. The molecule has 1 unspecified atom stereocenters. The first-order valence-electron chi connectivity index (χ1n) is 10.1. The largest absolute Gasteiger partial charge is 0.507 e. The van der Waals surface area contributed by atoms with Crippen LogP contribution in [0.15, 0.2) is 66.7 Å². The maximum absolute atomic E-state index is 13.5. The van der Waals surface area contributed by atoms with E-state index in [0.717, 1.165) is 16.7 Å². The Labute approximate surface area is 195 Å². The topological polar surface area (TPSA) is 69.2 Å². The van der Waals surface area contributed by atoms with Crippen molar-refractivity contribution < 1.29 is 9.90 Å².